The van der Waals surface area contributed by atoms with Gasteiger partial charge in [0.1, 0.15) is 0 Å². The summed E-state index contributed by atoms with van der Waals surface area (Å²) in [5.41, 5.74) is 2.62. The van der Waals surface area contributed by atoms with Gasteiger partial charge in [-0.3, -0.25) is 4.90 Å². The molecule has 32 heavy (non-hydrogen) atoms. The number of amides is 2. The van der Waals surface area contributed by atoms with E-state index < -0.39 is 5.97 Å². The summed E-state index contributed by atoms with van der Waals surface area (Å²) in [4.78, 5) is 28.8. The topological polar surface area (TPSA) is 61.9 Å². The summed E-state index contributed by atoms with van der Waals surface area (Å²) in [5.74, 6) is -0.393. The third kappa shape index (κ3) is 4.34. The molecule has 1 N–H and O–H groups in total. The van der Waals surface area contributed by atoms with Gasteiger partial charge < -0.3 is 15.0 Å². The lowest BCUT2D eigenvalue weighted by Gasteiger charge is -2.62. The van der Waals surface area contributed by atoms with Crippen molar-refractivity contribution in [3.8, 4) is 0 Å². The predicted octanol–water partition coefficient (Wildman–Crippen LogP) is 5.21. The average molecular weight is 456 g/mol. The number of likely N-dealkylation sites (tertiary alicyclic amines) is 2. The van der Waals surface area contributed by atoms with Crippen LogP contribution in [0.3, 0.4) is 0 Å². The molecule has 7 heteroatoms. The Balaban J connectivity index is 1.40. The van der Waals surface area contributed by atoms with Crippen molar-refractivity contribution in [3.63, 3.8) is 0 Å². The van der Waals surface area contributed by atoms with E-state index in [0.717, 1.165) is 37.5 Å². The van der Waals surface area contributed by atoms with Crippen molar-refractivity contribution in [1.29, 1.82) is 0 Å². The molecule has 2 amide bonds. The first kappa shape index (κ1) is 22.6. The number of rotatable bonds is 4. The number of anilines is 1. The van der Waals surface area contributed by atoms with Gasteiger partial charge in [-0.05, 0) is 68.7 Å². The molecule has 2 aromatic carbocycles. The number of nitrogens with one attached hydrogen (secondary N) is 1. The lowest BCUT2D eigenvalue weighted by atomic mass is 9.62. The molecule has 2 aromatic rings. The minimum atomic E-state index is -0.393. The van der Waals surface area contributed by atoms with E-state index in [2.05, 4.69) is 36.2 Å². The number of methoxy groups -OCH3 is 1. The quantitative estimate of drug-likeness (QED) is 0.643. The number of piperidine rings is 1. The van der Waals surface area contributed by atoms with Gasteiger partial charge in [0, 0.05) is 47.8 Å². The fourth-order valence-corrected chi connectivity index (χ4v) is 5.17. The van der Waals surface area contributed by atoms with E-state index in [9.17, 15) is 9.59 Å². The Bertz CT molecular complexity index is 967. The first-order valence-electron chi connectivity index (χ1n) is 11.1. The van der Waals surface area contributed by atoms with Crippen LogP contribution in [0.4, 0.5) is 10.5 Å². The zero-order chi connectivity index (χ0) is 22.9. The second-order valence-corrected chi connectivity index (χ2v) is 9.51. The minimum Gasteiger partial charge on any atom is -0.465 e. The number of hydrogen-bond donors (Lipinski definition) is 1. The van der Waals surface area contributed by atoms with Crippen LogP contribution in [0, 0.1) is 5.41 Å². The van der Waals surface area contributed by atoms with Crippen molar-refractivity contribution in [2.24, 2.45) is 5.41 Å². The summed E-state index contributed by atoms with van der Waals surface area (Å²) < 4.78 is 4.71. The number of carbonyl (C=O) groups excluding carboxylic acids is 2. The maximum Gasteiger partial charge on any atom is 0.337 e. The van der Waals surface area contributed by atoms with Gasteiger partial charge in [0.15, 0.2) is 0 Å². The average Bonchev–Trinajstić information content (AvgIpc) is 2.79. The zero-order valence-corrected chi connectivity index (χ0v) is 19.6. The van der Waals surface area contributed by atoms with Crippen LogP contribution in [0.1, 0.15) is 48.7 Å². The third-order valence-electron chi connectivity index (χ3n) is 6.86. The van der Waals surface area contributed by atoms with E-state index in [1.165, 1.54) is 12.7 Å². The zero-order valence-electron chi connectivity index (χ0n) is 18.8. The number of halogens is 1. The highest BCUT2D eigenvalue weighted by atomic mass is 35.5. The van der Waals surface area contributed by atoms with Gasteiger partial charge in [0.05, 0.1) is 12.7 Å². The van der Waals surface area contributed by atoms with E-state index in [0.29, 0.717) is 23.3 Å². The number of ether oxygens (including phenoxy) is 1. The van der Waals surface area contributed by atoms with Crippen LogP contribution in [0.2, 0.25) is 5.02 Å². The van der Waals surface area contributed by atoms with E-state index >= 15 is 0 Å². The highest BCUT2D eigenvalue weighted by Gasteiger charge is 2.54. The molecule has 6 nitrogen and oxygen atoms in total. The standard InChI is InChI=1S/C25H30ClN3O3/c1-17(2)29-16-25(22(29)18-4-8-20(26)9-5-18)12-14-28(15-13-25)24(31)27-21-10-6-19(7-11-21)23(30)32-3/h4-11,17,22H,12-16H2,1-3H3,(H,27,31). The number of carbonyl (C=O) groups is 2. The van der Waals surface area contributed by atoms with Crippen LogP contribution in [0.15, 0.2) is 48.5 Å². The molecule has 2 fully saturated rings. The summed E-state index contributed by atoms with van der Waals surface area (Å²) in [5, 5.41) is 3.70. The molecule has 1 atom stereocenters. The molecule has 2 heterocycles. The number of hydrogen-bond acceptors (Lipinski definition) is 4. The Morgan fingerprint density at radius 1 is 1.06 bits per heavy atom. The molecule has 2 aliphatic rings. The van der Waals surface area contributed by atoms with Crippen LogP contribution in [-0.2, 0) is 4.74 Å². The molecular formula is C25H30ClN3O3. The van der Waals surface area contributed by atoms with Crippen LogP contribution in [0.5, 0.6) is 0 Å². The molecule has 2 aliphatic heterocycles. The molecular weight excluding hydrogens is 426 g/mol. The normalized spacial score (nSPS) is 20.2. The Kier molecular flexibility index (Phi) is 6.45. The van der Waals surface area contributed by atoms with Crippen LogP contribution >= 0.6 is 11.6 Å². The first-order valence-corrected chi connectivity index (χ1v) is 11.5. The molecule has 1 unspecified atom stereocenters. The highest BCUT2D eigenvalue weighted by molar-refractivity contribution is 6.30. The van der Waals surface area contributed by atoms with Gasteiger partial charge >= 0.3 is 12.0 Å². The molecule has 0 bridgehead atoms. The molecule has 0 radical (unpaired) electrons. The van der Waals surface area contributed by atoms with Crippen molar-refractivity contribution in [3.05, 3.63) is 64.7 Å². The summed E-state index contributed by atoms with van der Waals surface area (Å²) in [6.45, 7) is 6.99. The Hall–Kier alpha value is -2.57. The van der Waals surface area contributed by atoms with E-state index in [4.69, 9.17) is 16.3 Å². The number of urea groups is 1. The van der Waals surface area contributed by atoms with Gasteiger partial charge in [-0.2, -0.15) is 0 Å². The maximum absolute atomic E-state index is 12.8. The Morgan fingerprint density at radius 2 is 1.69 bits per heavy atom. The van der Waals surface area contributed by atoms with Crippen molar-refractivity contribution in [2.45, 2.75) is 38.8 Å². The summed E-state index contributed by atoms with van der Waals surface area (Å²) in [6.07, 6.45) is 1.94. The smallest absolute Gasteiger partial charge is 0.337 e. The van der Waals surface area contributed by atoms with Gasteiger partial charge in [-0.25, -0.2) is 9.59 Å². The number of nitrogens with zero attached hydrogens (tertiary/aromatic N) is 2. The summed E-state index contributed by atoms with van der Waals surface area (Å²) in [7, 11) is 1.35. The van der Waals surface area contributed by atoms with E-state index in [1.807, 2.05) is 17.0 Å². The minimum absolute atomic E-state index is 0.103. The second kappa shape index (κ2) is 9.12. The fourth-order valence-electron chi connectivity index (χ4n) is 5.05. The predicted molar refractivity (Wildman–Crippen MR) is 126 cm³/mol. The number of benzene rings is 2. The molecule has 2 saturated heterocycles. The van der Waals surface area contributed by atoms with E-state index in [1.54, 1.807) is 24.3 Å². The van der Waals surface area contributed by atoms with Gasteiger partial charge in [0.25, 0.3) is 0 Å². The SMILES string of the molecule is COC(=O)c1ccc(NC(=O)N2CCC3(CC2)CN(C(C)C)C3c2ccc(Cl)cc2)cc1. The molecule has 0 saturated carbocycles. The van der Waals surface area contributed by atoms with Crippen molar-refractivity contribution < 1.29 is 14.3 Å². The molecule has 1 spiro atoms. The molecule has 0 aromatic heterocycles. The maximum atomic E-state index is 12.8. The lowest BCUT2D eigenvalue weighted by molar-refractivity contribution is -0.123. The van der Waals surface area contributed by atoms with Crippen molar-refractivity contribution in [2.75, 3.05) is 32.1 Å². The van der Waals surface area contributed by atoms with Crippen molar-refractivity contribution in [1.82, 2.24) is 9.80 Å². The number of esters is 1. The molecule has 0 aliphatic carbocycles. The van der Waals surface area contributed by atoms with Gasteiger partial charge in [-0.15, -0.1) is 0 Å². The first-order chi connectivity index (χ1) is 15.3. The summed E-state index contributed by atoms with van der Waals surface area (Å²) >= 11 is 6.12. The van der Waals surface area contributed by atoms with Gasteiger partial charge in [-0.1, -0.05) is 23.7 Å². The van der Waals surface area contributed by atoms with E-state index in [-0.39, 0.29) is 11.4 Å². The summed E-state index contributed by atoms with van der Waals surface area (Å²) in [6, 6.07) is 15.7. The highest BCUT2D eigenvalue weighted by Crippen LogP contribution is 2.55. The monoisotopic (exact) mass is 455 g/mol. The fraction of sp³-hybridized carbons (Fsp3) is 0.440. The Morgan fingerprint density at radius 3 is 2.25 bits per heavy atom. The molecule has 4 rings (SSSR count). The van der Waals surface area contributed by atoms with Crippen LogP contribution in [-0.4, -0.2) is 54.6 Å². The second-order valence-electron chi connectivity index (χ2n) is 9.07. The molecule has 170 valence electrons. The van der Waals surface area contributed by atoms with Crippen LogP contribution < -0.4 is 5.32 Å². The van der Waals surface area contributed by atoms with Gasteiger partial charge in [0.2, 0.25) is 0 Å². The van der Waals surface area contributed by atoms with Crippen LogP contribution in [0.25, 0.3) is 0 Å². The Labute approximate surface area is 194 Å². The largest absolute Gasteiger partial charge is 0.465 e. The third-order valence-corrected chi connectivity index (χ3v) is 7.11. The van der Waals surface area contributed by atoms with Crippen molar-refractivity contribution >= 4 is 29.3 Å². The lowest BCUT2D eigenvalue weighted by Crippen LogP contribution is -2.64.